The number of nitrogens with zero attached hydrogens (tertiary/aromatic N) is 1. The van der Waals surface area contributed by atoms with Crippen LogP contribution >= 0.6 is 0 Å². The zero-order chi connectivity index (χ0) is 26.6. The number of hydrogen-bond acceptors (Lipinski definition) is 6. The van der Waals surface area contributed by atoms with Gasteiger partial charge in [-0.05, 0) is 68.4 Å². The van der Waals surface area contributed by atoms with Crippen molar-refractivity contribution in [2.45, 2.75) is 63.8 Å². The van der Waals surface area contributed by atoms with Gasteiger partial charge >= 0.3 is 5.97 Å². The van der Waals surface area contributed by atoms with E-state index in [1.54, 1.807) is 39.0 Å². The Morgan fingerprint density at radius 2 is 1.81 bits per heavy atom. The fourth-order valence-corrected chi connectivity index (χ4v) is 6.60. The number of fused-ring (bicyclic) bond motifs is 1. The SMILES string of the molecule is CCOC(=O)C1CCN(c2ccc(NC(=O)C(C)C)cc2S(=O)(=O)N[C@@H]2CCCc3ccccc32)CC1. The first-order chi connectivity index (χ1) is 17.7. The van der Waals surface area contributed by atoms with E-state index in [9.17, 15) is 18.0 Å². The summed E-state index contributed by atoms with van der Waals surface area (Å²) in [6, 6.07) is 12.7. The number of carbonyl (C=O) groups excluding carboxylic acids is 2. The number of piperidine rings is 1. The van der Waals surface area contributed by atoms with Gasteiger partial charge in [-0.3, -0.25) is 9.59 Å². The van der Waals surface area contributed by atoms with Gasteiger partial charge < -0.3 is 15.0 Å². The highest BCUT2D eigenvalue weighted by Gasteiger charge is 2.32. The highest BCUT2D eigenvalue weighted by Crippen LogP contribution is 2.35. The molecule has 8 nitrogen and oxygen atoms in total. The summed E-state index contributed by atoms with van der Waals surface area (Å²) in [5.41, 5.74) is 3.19. The largest absolute Gasteiger partial charge is 0.466 e. The van der Waals surface area contributed by atoms with Crippen molar-refractivity contribution in [2.75, 3.05) is 29.9 Å². The minimum Gasteiger partial charge on any atom is -0.466 e. The van der Waals surface area contributed by atoms with Crippen LogP contribution in [0.15, 0.2) is 47.4 Å². The third kappa shape index (κ3) is 6.33. The van der Waals surface area contributed by atoms with E-state index in [1.807, 2.05) is 23.1 Å². The average Bonchev–Trinajstić information content (AvgIpc) is 2.89. The number of amides is 1. The topological polar surface area (TPSA) is 105 Å². The second kappa shape index (κ2) is 11.6. The van der Waals surface area contributed by atoms with E-state index in [0.29, 0.717) is 43.9 Å². The van der Waals surface area contributed by atoms with Gasteiger partial charge in [0.05, 0.1) is 18.2 Å². The molecule has 0 unspecified atom stereocenters. The van der Waals surface area contributed by atoms with Crippen LogP contribution in [0.25, 0.3) is 0 Å². The molecule has 2 aliphatic rings. The summed E-state index contributed by atoms with van der Waals surface area (Å²) in [6.45, 7) is 6.79. The minimum atomic E-state index is -3.93. The molecule has 0 aromatic heterocycles. The van der Waals surface area contributed by atoms with Crippen LogP contribution in [0.3, 0.4) is 0 Å². The molecule has 200 valence electrons. The molecule has 2 aromatic rings. The van der Waals surface area contributed by atoms with Gasteiger partial charge in [0.25, 0.3) is 0 Å². The molecule has 4 rings (SSSR count). The van der Waals surface area contributed by atoms with E-state index in [1.165, 1.54) is 5.56 Å². The maximum atomic E-state index is 13.9. The van der Waals surface area contributed by atoms with E-state index in [-0.39, 0.29) is 34.6 Å². The molecular formula is C28H37N3O5S. The number of rotatable bonds is 8. The number of sulfonamides is 1. The Labute approximate surface area is 219 Å². The predicted molar refractivity (Wildman–Crippen MR) is 144 cm³/mol. The van der Waals surface area contributed by atoms with Crippen LogP contribution in [0.5, 0.6) is 0 Å². The predicted octanol–water partition coefficient (Wildman–Crippen LogP) is 4.42. The van der Waals surface area contributed by atoms with Crippen LogP contribution in [-0.4, -0.2) is 40.0 Å². The van der Waals surface area contributed by atoms with Gasteiger partial charge in [-0.2, -0.15) is 0 Å². The molecule has 0 bridgehead atoms. The number of anilines is 2. The van der Waals surface area contributed by atoms with Crippen molar-refractivity contribution in [1.29, 1.82) is 0 Å². The molecule has 1 amide bonds. The average molecular weight is 528 g/mol. The van der Waals surface area contributed by atoms with Crippen molar-refractivity contribution in [3.63, 3.8) is 0 Å². The van der Waals surface area contributed by atoms with E-state index in [0.717, 1.165) is 24.8 Å². The molecule has 0 radical (unpaired) electrons. The lowest BCUT2D eigenvalue weighted by Crippen LogP contribution is -2.38. The van der Waals surface area contributed by atoms with Gasteiger partial charge in [0, 0.05) is 30.7 Å². The molecule has 37 heavy (non-hydrogen) atoms. The molecule has 2 aromatic carbocycles. The first-order valence-corrected chi connectivity index (χ1v) is 14.6. The van der Waals surface area contributed by atoms with Gasteiger partial charge in [0.15, 0.2) is 0 Å². The lowest BCUT2D eigenvalue weighted by Gasteiger charge is -2.34. The van der Waals surface area contributed by atoms with Crippen LogP contribution in [0.1, 0.15) is 63.6 Å². The lowest BCUT2D eigenvalue weighted by molar-refractivity contribution is -0.148. The second-order valence-corrected chi connectivity index (χ2v) is 11.8. The summed E-state index contributed by atoms with van der Waals surface area (Å²) in [5.74, 6) is -0.795. The van der Waals surface area contributed by atoms with E-state index in [2.05, 4.69) is 16.1 Å². The van der Waals surface area contributed by atoms with Gasteiger partial charge in [0.1, 0.15) is 4.90 Å². The van der Waals surface area contributed by atoms with Gasteiger partial charge in [-0.1, -0.05) is 38.1 Å². The molecule has 1 atom stereocenters. The summed E-state index contributed by atoms with van der Waals surface area (Å²) in [5, 5.41) is 2.83. The monoisotopic (exact) mass is 527 g/mol. The Morgan fingerprint density at radius 3 is 2.51 bits per heavy atom. The number of nitrogens with one attached hydrogen (secondary N) is 2. The number of carbonyl (C=O) groups is 2. The van der Waals surface area contributed by atoms with Gasteiger partial charge in [-0.25, -0.2) is 13.1 Å². The first-order valence-electron chi connectivity index (χ1n) is 13.2. The Kier molecular flexibility index (Phi) is 8.54. The van der Waals surface area contributed by atoms with Crippen LogP contribution in [0.2, 0.25) is 0 Å². The zero-order valence-electron chi connectivity index (χ0n) is 21.8. The summed E-state index contributed by atoms with van der Waals surface area (Å²) in [6.07, 6.45) is 3.75. The number of ether oxygens (including phenoxy) is 1. The summed E-state index contributed by atoms with van der Waals surface area (Å²) in [4.78, 5) is 26.7. The highest BCUT2D eigenvalue weighted by molar-refractivity contribution is 7.89. The number of aryl methyl sites for hydroxylation is 1. The van der Waals surface area contributed by atoms with Crippen molar-refractivity contribution in [2.24, 2.45) is 11.8 Å². The van der Waals surface area contributed by atoms with Gasteiger partial charge in [0.2, 0.25) is 15.9 Å². The van der Waals surface area contributed by atoms with Crippen molar-refractivity contribution >= 4 is 33.3 Å². The smallest absolute Gasteiger partial charge is 0.309 e. The molecule has 1 aliphatic heterocycles. The lowest BCUT2D eigenvalue weighted by atomic mass is 9.88. The maximum absolute atomic E-state index is 13.9. The summed E-state index contributed by atoms with van der Waals surface area (Å²) in [7, 11) is -3.93. The van der Waals surface area contributed by atoms with E-state index in [4.69, 9.17) is 4.74 Å². The number of esters is 1. The highest BCUT2D eigenvalue weighted by atomic mass is 32.2. The Morgan fingerprint density at radius 1 is 1.08 bits per heavy atom. The fraction of sp³-hybridized carbons (Fsp3) is 0.500. The Bertz CT molecular complexity index is 1240. The molecule has 1 heterocycles. The summed E-state index contributed by atoms with van der Waals surface area (Å²) < 4.78 is 35.9. The Balaban J connectivity index is 1.64. The standard InChI is InChI=1S/C28H37N3O5S/c1-4-36-28(33)21-14-16-31(17-15-21)25-13-12-22(29-27(32)19(2)3)18-26(25)37(34,35)30-24-11-7-9-20-8-5-6-10-23(20)24/h5-6,8,10,12-13,18-19,21,24,30H,4,7,9,11,14-17H2,1-3H3,(H,29,32)/t24-/m1/s1. The second-order valence-electron chi connectivity index (χ2n) is 10.1. The quantitative estimate of drug-likeness (QED) is 0.493. The molecule has 2 N–H and O–H groups in total. The first kappa shape index (κ1) is 27.1. The molecule has 1 saturated heterocycles. The summed E-state index contributed by atoms with van der Waals surface area (Å²) >= 11 is 0. The number of hydrogen-bond donors (Lipinski definition) is 2. The van der Waals surface area contributed by atoms with E-state index >= 15 is 0 Å². The van der Waals surface area contributed by atoms with Crippen LogP contribution in [-0.2, 0) is 30.8 Å². The third-order valence-electron chi connectivity index (χ3n) is 7.16. The van der Waals surface area contributed by atoms with Crippen LogP contribution < -0.4 is 14.9 Å². The maximum Gasteiger partial charge on any atom is 0.309 e. The molecule has 1 aliphatic carbocycles. The fourth-order valence-electron chi connectivity index (χ4n) is 5.10. The molecular weight excluding hydrogens is 490 g/mol. The normalized spacial score (nSPS) is 18.4. The van der Waals surface area contributed by atoms with Crippen molar-refractivity contribution in [3.05, 3.63) is 53.6 Å². The van der Waals surface area contributed by atoms with Crippen LogP contribution in [0.4, 0.5) is 11.4 Å². The minimum absolute atomic E-state index is 0.131. The van der Waals surface area contributed by atoms with Crippen molar-refractivity contribution in [3.8, 4) is 0 Å². The molecule has 0 spiro atoms. The van der Waals surface area contributed by atoms with E-state index < -0.39 is 10.0 Å². The molecule has 0 saturated carbocycles. The molecule has 9 heteroatoms. The molecule has 1 fully saturated rings. The Hall–Kier alpha value is -2.91. The number of benzene rings is 2. The third-order valence-corrected chi connectivity index (χ3v) is 8.66. The van der Waals surface area contributed by atoms with Crippen molar-refractivity contribution in [1.82, 2.24) is 4.72 Å². The zero-order valence-corrected chi connectivity index (χ0v) is 22.6. The van der Waals surface area contributed by atoms with Crippen LogP contribution in [0, 0.1) is 11.8 Å². The van der Waals surface area contributed by atoms with Gasteiger partial charge in [-0.15, -0.1) is 0 Å². The van der Waals surface area contributed by atoms with Crippen molar-refractivity contribution < 1.29 is 22.7 Å².